The third kappa shape index (κ3) is 19.0. The molecule has 0 saturated carbocycles. The van der Waals surface area contributed by atoms with Crippen LogP contribution in [0.3, 0.4) is 0 Å². The first-order chi connectivity index (χ1) is 72.0. The molecule has 1 aliphatic carbocycles. The summed E-state index contributed by atoms with van der Waals surface area (Å²) in [6, 6.07) is 29.3. The SMILES string of the molecule is C[C@@H](O)C(=O)N1CCC(n2c(=O)[nH]c(=O)c3cnc4ccc(-c5c[nH]c6ncccc56)nc4c32)CC1.C[C@@H](O)C(=O)N1CCC(n2c(=O)[nH]c(=O)c3cnc4ccc(-c5cnc(N6CCN(C)CC6)nc5)nc4c32)CC1.C[C@@H](O)C(=O)N1CCC(n2c(=O)[nH]c(=O)c3cnc4ccc(-c5cnc6c(c5)C=CC6)nc4c32)CC1.C[C@@H](O)C(=O)N1CCC(n2c(=O)[nH]c(=O)c3cnc4ccc(-c5cnc6ccccc6c5)nc4c32)CC1. The number of carbonyl (C=O) groups excluding carboxylic acids is 4. The van der Waals surface area contributed by atoms with Crippen molar-refractivity contribution in [1.29, 1.82) is 0 Å². The molecule has 0 spiro atoms. The molecule has 24 rings (SSSR count). The highest BCUT2D eigenvalue weighted by Crippen LogP contribution is 2.38. The Labute approximate surface area is 842 Å². The minimum absolute atomic E-state index is 0.252. The molecule has 5 fully saturated rings. The average Bonchev–Trinajstić information content (AvgIpc) is 1.61. The Morgan fingerprint density at radius 2 is 0.705 bits per heavy atom. The Balaban J connectivity index is 0.000000116. The summed E-state index contributed by atoms with van der Waals surface area (Å²) < 4.78 is 6.33. The molecule has 4 amide bonds. The second-order valence-electron chi connectivity index (χ2n) is 38.2. The minimum Gasteiger partial charge on any atom is -0.384 e. The van der Waals surface area contributed by atoms with Crippen LogP contribution in [0.25, 0.3) is 161 Å². The quantitative estimate of drug-likeness (QED) is 0.0571. The molecule has 44 nitrogen and oxygen atoms in total. The molecule has 18 aromatic rings. The fourth-order valence-electron chi connectivity index (χ4n) is 20.9. The number of piperazine rings is 1. The van der Waals surface area contributed by atoms with Crippen molar-refractivity contribution in [2.24, 2.45) is 0 Å². The number of para-hydroxylation sites is 1. The number of aliphatic hydroxyl groups is 4. The van der Waals surface area contributed by atoms with Crippen LogP contribution < -0.4 is 49.9 Å². The van der Waals surface area contributed by atoms with Gasteiger partial charge >= 0.3 is 22.8 Å². The number of aromatic amines is 5. The molecular formula is C105H102N28O16. The number of allylic oxidation sites excluding steroid dienone is 1. The molecule has 9 N–H and O–H groups in total. The first-order valence-electron chi connectivity index (χ1n) is 49.4. The number of carbonyl (C=O) groups is 4. The lowest BCUT2D eigenvalue weighted by Gasteiger charge is -2.34. The summed E-state index contributed by atoms with van der Waals surface area (Å²) in [6.45, 7) is 12.6. The van der Waals surface area contributed by atoms with Crippen LogP contribution in [-0.2, 0) is 25.6 Å². The molecule has 0 radical (unpaired) electrons. The first-order valence-corrected chi connectivity index (χ1v) is 49.4. The molecule has 5 aliphatic heterocycles. The van der Waals surface area contributed by atoms with Gasteiger partial charge in [0, 0.05) is 204 Å². The predicted molar refractivity (Wildman–Crippen MR) is 556 cm³/mol. The molecule has 6 aliphatic rings. The van der Waals surface area contributed by atoms with E-state index in [1.165, 1.54) is 52.5 Å². The van der Waals surface area contributed by atoms with Gasteiger partial charge < -0.3 is 54.8 Å². The number of hydrogen-bond donors (Lipinski definition) is 9. The Bertz CT molecular complexity index is 8980. The molecule has 5 saturated heterocycles. The highest BCUT2D eigenvalue weighted by molar-refractivity contribution is 6.06. The van der Waals surface area contributed by atoms with E-state index in [0.29, 0.717) is 204 Å². The highest BCUT2D eigenvalue weighted by atomic mass is 16.3. The van der Waals surface area contributed by atoms with Crippen LogP contribution in [0.2, 0.25) is 0 Å². The number of fused-ring (bicyclic) bond motifs is 15. The maximum absolute atomic E-state index is 13.2. The van der Waals surface area contributed by atoms with Crippen LogP contribution in [0.5, 0.6) is 0 Å². The Hall–Kier alpha value is -17.2. The molecule has 22 heterocycles. The molecule has 4 atom stereocenters. The zero-order valence-corrected chi connectivity index (χ0v) is 81.6. The smallest absolute Gasteiger partial charge is 0.329 e. The number of H-pyrrole nitrogens is 5. The van der Waals surface area contributed by atoms with Crippen molar-refractivity contribution in [2.75, 3.05) is 90.5 Å². The number of hydrogen-bond acceptors (Lipinski definition) is 31. The fraction of sp³-hybridized carbons (Fsp3) is 0.324. The summed E-state index contributed by atoms with van der Waals surface area (Å²) in [7, 11) is 2.10. The van der Waals surface area contributed by atoms with E-state index in [9.17, 15) is 78.0 Å². The summed E-state index contributed by atoms with van der Waals surface area (Å²) in [5.74, 6) is -0.654. The zero-order chi connectivity index (χ0) is 104. The van der Waals surface area contributed by atoms with Crippen LogP contribution >= 0.6 is 0 Å². The number of pyridine rings is 11. The van der Waals surface area contributed by atoms with Crippen LogP contribution in [0.1, 0.15) is 114 Å². The van der Waals surface area contributed by atoms with Crippen molar-refractivity contribution in [3.05, 3.63) is 260 Å². The van der Waals surface area contributed by atoms with Crippen LogP contribution in [0.4, 0.5) is 5.95 Å². The lowest BCUT2D eigenvalue weighted by Crippen LogP contribution is -2.45. The Kier molecular flexibility index (Phi) is 26.7. The van der Waals surface area contributed by atoms with Crippen LogP contribution in [0.15, 0.2) is 203 Å². The van der Waals surface area contributed by atoms with Gasteiger partial charge in [-0.15, -0.1) is 0 Å². The van der Waals surface area contributed by atoms with Gasteiger partial charge in [0.15, 0.2) is 0 Å². The number of rotatable bonds is 13. The van der Waals surface area contributed by atoms with E-state index in [4.69, 9.17) is 19.9 Å². The number of benzene rings is 1. The fourth-order valence-corrected chi connectivity index (χ4v) is 20.9. The van der Waals surface area contributed by atoms with Crippen molar-refractivity contribution >= 4 is 145 Å². The summed E-state index contributed by atoms with van der Waals surface area (Å²) in [6.07, 6.45) is 21.0. The number of amides is 4. The van der Waals surface area contributed by atoms with Crippen molar-refractivity contribution in [3.8, 4) is 45.0 Å². The summed E-state index contributed by atoms with van der Waals surface area (Å²) in [5, 5.41) is 41.6. The minimum atomic E-state index is -1.08. The Morgan fingerprint density at radius 3 is 1.10 bits per heavy atom. The van der Waals surface area contributed by atoms with Crippen molar-refractivity contribution in [2.45, 2.75) is 134 Å². The molecule has 44 heteroatoms. The van der Waals surface area contributed by atoms with Crippen LogP contribution in [0, 0.1) is 0 Å². The molecule has 0 bridgehead atoms. The van der Waals surface area contributed by atoms with E-state index in [1.807, 2.05) is 109 Å². The van der Waals surface area contributed by atoms with Crippen molar-refractivity contribution in [1.82, 2.24) is 132 Å². The summed E-state index contributed by atoms with van der Waals surface area (Å²) >= 11 is 0. The molecule has 17 aromatic heterocycles. The zero-order valence-electron chi connectivity index (χ0n) is 81.6. The number of piperidine rings is 4. The van der Waals surface area contributed by atoms with Crippen molar-refractivity contribution in [3.63, 3.8) is 0 Å². The number of likely N-dealkylation sites (tertiary alicyclic amines) is 4. The number of nitrogens with zero attached hydrogens (tertiary/aromatic N) is 23. The molecule has 1 aromatic carbocycles. The number of aliphatic hydroxyl groups excluding tert-OH is 4. The highest BCUT2D eigenvalue weighted by Gasteiger charge is 2.36. The van der Waals surface area contributed by atoms with Gasteiger partial charge in [-0.05, 0) is 171 Å². The third-order valence-corrected chi connectivity index (χ3v) is 28.7. The van der Waals surface area contributed by atoms with E-state index in [2.05, 4.69) is 92.7 Å². The summed E-state index contributed by atoms with van der Waals surface area (Å²) in [5.41, 5.74) is 11.0. The van der Waals surface area contributed by atoms with Gasteiger partial charge in [0.2, 0.25) is 5.95 Å². The number of likely N-dealkylation sites (N-methyl/N-ethyl adjacent to an activating group) is 1. The second-order valence-corrected chi connectivity index (χ2v) is 38.2. The average molecular weight is 2010 g/mol. The van der Waals surface area contributed by atoms with E-state index in [1.54, 1.807) is 68.9 Å². The van der Waals surface area contributed by atoms with Gasteiger partial charge in [0.05, 0.1) is 99.7 Å². The maximum atomic E-state index is 13.2. The topological polar surface area (TPSA) is 571 Å². The third-order valence-electron chi connectivity index (χ3n) is 28.7. The standard InChI is InChI=1S/C27H31N9O4.C27H24N6O4.C26H24N6O4.C25H23N7O4/c1-16(37)25(39)34-7-5-18(6-8-34)36-23-19(24(38)32-27(36)40)15-28-21-4-3-20(31-22(21)23)17-13-29-26(30-14-17)35-11-9-33(2)10-12-35;1-15(34)26(36)32-10-8-18(9-11-32)33-24-19(25(35)31-27(33)37)14-29-22-7-6-21(30-23(22)24)17-12-16-4-2-3-5-20(16)28-13-17;1-14(33)25(35)31-9-7-17(8-10-31)32-23-18(24(34)30-26(32)36)13-28-21-6-5-20(29-22(21)23)16-11-15-3-2-4-19(15)27-12-16;1-13(33)24(35)31-9-6-14(7-10-31)32-21-17(23(34)30-25(32)36)12-27-19-5-4-18(29-20(19)21)16-11-28-22-15(16)3-2-8-26-22/h3-4,13-16,18,37H,5-12H2,1-2H3,(H,32,38,40);2-7,12-15,18,34H,8-11H2,1H3,(H,31,35,37);2-3,5-6,11-14,17,33H,4,7-10H2,1H3,(H,30,34,36);2-5,8,11-14,33H,6-7,9-10H2,1H3,(H,26,28)(H,30,34,36)/t16-;15-;14-;13-/m1111/s1. The predicted octanol–water partition coefficient (Wildman–Crippen LogP) is 6.31. The molecule has 149 heavy (non-hydrogen) atoms. The van der Waals surface area contributed by atoms with Gasteiger partial charge in [0.25, 0.3) is 45.9 Å². The maximum Gasteiger partial charge on any atom is 0.329 e. The summed E-state index contributed by atoms with van der Waals surface area (Å²) in [4.78, 5) is 236. The first kappa shape index (κ1) is 97.8. The molecule has 0 unspecified atom stereocenters. The number of anilines is 1. The van der Waals surface area contributed by atoms with E-state index >= 15 is 0 Å². The van der Waals surface area contributed by atoms with Crippen LogP contribution in [-0.4, -0.2) is 287 Å². The molecular weight excluding hydrogens is 1910 g/mol. The van der Waals surface area contributed by atoms with E-state index in [-0.39, 0.29) is 69.3 Å². The van der Waals surface area contributed by atoms with Crippen molar-refractivity contribution < 1.29 is 39.6 Å². The largest absolute Gasteiger partial charge is 0.384 e. The Morgan fingerprint density at radius 1 is 0.356 bits per heavy atom. The van der Waals surface area contributed by atoms with E-state index < -0.39 is 69.4 Å². The number of aromatic nitrogens is 22. The monoisotopic (exact) mass is 2010 g/mol. The lowest BCUT2D eigenvalue weighted by atomic mass is 10.0. The van der Waals surface area contributed by atoms with Gasteiger partial charge in [-0.3, -0.25) is 106 Å². The van der Waals surface area contributed by atoms with Gasteiger partial charge in [-0.25, -0.2) is 54.1 Å². The number of nitrogens with one attached hydrogen (secondary N) is 5. The second kappa shape index (κ2) is 40.6. The molecule has 758 valence electrons. The van der Waals surface area contributed by atoms with Gasteiger partial charge in [-0.1, -0.05) is 30.4 Å². The normalized spacial score (nSPS) is 16.4. The van der Waals surface area contributed by atoms with E-state index in [0.717, 1.165) is 82.5 Å². The lowest BCUT2D eigenvalue weighted by molar-refractivity contribution is -0.141. The van der Waals surface area contributed by atoms with Gasteiger partial charge in [0.1, 0.15) is 52.1 Å². The van der Waals surface area contributed by atoms with Gasteiger partial charge in [-0.2, -0.15) is 0 Å².